The molecule has 3 N–H and O–H groups in total. The van der Waals surface area contributed by atoms with Crippen molar-refractivity contribution < 1.29 is 19.1 Å². The molecule has 0 saturated heterocycles. The third kappa shape index (κ3) is 5.67. The predicted molar refractivity (Wildman–Crippen MR) is 119 cm³/mol. The molecule has 8 nitrogen and oxygen atoms in total. The molecule has 0 bridgehead atoms. The fraction of sp³-hybridized carbons (Fsp3) is 0.250. The Morgan fingerprint density at radius 2 is 1.78 bits per heavy atom. The molecule has 1 aromatic heterocycles. The summed E-state index contributed by atoms with van der Waals surface area (Å²) in [6, 6.07) is 17.1. The number of rotatable bonds is 10. The summed E-state index contributed by atoms with van der Waals surface area (Å²) in [6.07, 6.45) is 0.144. The second-order valence-electron chi connectivity index (χ2n) is 7.33. The van der Waals surface area contributed by atoms with Gasteiger partial charge in [0.1, 0.15) is 11.7 Å². The van der Waals surface area contributed by atoms with E-state index in [1.54, 1.807) is 13.0 Å². The molecule has 0 saturated carbocycles. The van der Waals surface area contributed by atoms with Crippen LogP contribution < -0.4 is 11.1 Å². The molecule has 1 heterocycles. The van der Waals surface area contributed by atoms with Gasteiger partial charge >= 0.3 is 0 Å². The molecular weight excluding hydrogens is 408 g/mol. The van der Waals surface area contributed by atoms with Gasteiger partial charge in [0, 0.05) is 13.0 Å². The second-order valence-corrected chi connectivity index (χ2v) is 7.33. The fourth-order valence-corrected chi connectivity index (χ4v) is 3.32. The van der Waals surface area contributed by atoms with Crippen LogP contribution in [0.1, 0.15) is 34.2 Å². The van der Waals surface area contributed by atoms with Crippen molar-refractivity contribution in [3.8, 4) is 5.69 Å². The van der Waals surface area contributed by atoms with Crippen LogP contribution in [0.2, 0.25) is 0 Å². The maximum atomic E-state index is 13.1. The van der Waals surface area contributed by atoms with Crippen LogP contribution in [0.25, 0.3) is 5.69 Å². The molecule has 3 aromatic rings. The summed E-state index contributed by atoms with van der Waals surface area (Å²) in [6.45, 7) is 4.73. The summed E-state index contributed by atoms with van der Waals surface area (Å²) in [5, 5.41) is 7.09. The number of carbonyl (C=O) groups is 3. The summed E-state index contributed by atoms with van der Waals surface area (Å²) in [5.74, 6) is -2.49. The standard InChI is InChI=1S/C24H26N4O4/c1-3-32-15-18-10-7-11-19(13-18)28-21(12-16(2)27-28)24(31)26-20(22(29)23(25)30)14-17-8-5-4-6-9-17/h4-13,20H,3,14-15H2,1-2H3,(H2,25,30)(H,26,31). The van der Waals surface area contributed by atoms with Gasteiger partial charge in [-0.25, -0.2) is 4.68 Å². The lowest BCUT2D eigenvalue weighted by atomic mass is 10.0. The van der Waals surface area contributed by atoms with Gasteiger partial charge in [-0.15, -0.1) is 0 Å². The van der Waals surface area contributed by atoms with Crippen LogP contribution in [0, 0.1) is 6.92 Å². The highest BCUT2D eigenvalue weighted by Crippen LogP contribution is 2.16. The van der Waals surface area contributed by atoms with E-state index >= 15 is 0 Å². The van der Waals surface area contributed by atoms with E-state index in [0.717, 1.165) is 11.1 Å². The van der Waals surface area contributed by atoms with Crippen molar-refractivity contribution in [2.24, 2.45) is 5.73 Å². The molecule has 3 rings (SSSR count). The normalized spacial score (nSPS) is 11.7. The summed E-state index contributed by atoms with van der Waals surface area (Å²) in [7, 11) is 0. The van der Waals surface area contributed by atoms with Crippen molar-refractivity contribution in [1.29, 1.82) is 0 Å². The molecule has 0 spiro atoms. The van der Waals surface area contributed by atoms with Crippen LogP contribution in [0.4, 0.5) is 0 Å². The Kier molecular flexibility index (Phi) is 7.51. The number of hydrogen-bond acceptors (Lipinski definition) is 5. The lowest BCUT2D eigenvalue weighted by Crippen LogP contribution is -2.47. The minimum atomic E-state index is -1.10. The topological polar surface area (TPSA) is 116 Å². The van der Waals surface area contributed by atoms with Crippen molar-refractivity contribution >= 4 is 17.6 Å². The predicted octanol–water partition coefficient (Wildman–Crippen LogP) is 2.11. The monoisotopic (exact) mass is 434 g/mol. The minimum absolute atomic E-state index is 0.144. The lowest BCUT2D eigenvalue weighted by Gasteiger charge is -2.17. The largest absolute Gasteiger partial charge is 0.377 e. The molecule has 2 amide bonds. The van der Waals surface area contributed by atoms with Gasteiger partial charge in [-0.05, 0) is 43.2 Å². The number of hydrogen-bond donors (Lipinski definition) is 2. The van der Waals surface area contributed by atoms with Crippen LogP contribution in [0.15, 0.2) is 60.7 Å². The van der Waals surface area contributed by atoms with E-state index in [1.807, 2.05) is 61.5 Å². The van der Waals surface area contributed by atoms with Gasteiger partial charge in [0.2, 0.25) is 5.78 Å². The van der Waals surface area contributed by atoms with Crippen LogP contribution >= 0.6 is 0 Å². The Morgan fingerprint density at radius 3 is 2.47 bits per heavy atom. The van der Waals surface area contributed by atoms with Crippen LogP contribution in [-0.4, -0.2) is 40.0 Å². The highest BCUT2D eigenvalue weighted by atomic mass is 16.5. The average Bonchev–Trinajstić information content (AvgIpc) is 3.19. The number of nitrogens with two attached hydrogens (primary N) is 1. The molecule has 166 valence electrons. The first-order valence-electron chi connectivity index (χ1n) is 10.3. The lowest BCUT2D eigenvalue weighted by molar-refractivity contribution is -0.137. The first-order valence-corrected chi connectivity index (χ1v) is 10.3. The van der Waals surface area contributed by atoms with Gasteiger partial charge in [-0.1, -0.05) is 42.5 Å². The highest BCUT2D eigenvalue weighted by molar-refractivity contribution is 6.38. The van der Waals surface area contributed by atoms with Crippen molar-refractivity contribution in [3.63, 3.8) is 0 Å². The van der Waals surface area contributed by atoms with E-state index in [0.29, 0.717) is 24.6 Å². The van der Waals surface area contributed by atoms with E-state index in [1.165, 1.54) is 4.68 Å². The smallest absolute Gasteiger partial charge is 0.287 e. The Labute approximate surface area is 186 Å². The molecule has 1 atom stereocenters. The van der Waals surface area contributed by atoms with Gasteiger partial charge in [0.05, 0.1) is 18.0 Å². The van der Waals surface area contributed by atoms with Crippen molar-refractivity contribution in [3.05, 3.63) is 83.2 Å². The van der Waals surface area contributed by atoms with E-state index in [2.05, 4.69) is 10.4 Å². The molecule has 1 unspecified atom stereocenters. The number of nitrogens with zero attached hydrogens (tertiary/aromatic N) is 2. The summed E-state index contributed by atoms with van der Waals surface area (Å²) >= 11 is 0. The Balaban J connectivity index is 1.88. The molecule has 0 aliphatic heterocycles. The van der Waals surface area contributed by atoms with E-state index < -0.39 is 23.6 Å². The average molecular weight is 434 g/mol. The SMILES string of the molecule is CCOCc1cccc(-n2nc(C)cc2C(=O)NC(Cc2ccccc2)C(=O)C(N)=O)c1. The van der Waals surface area contributed by atoms with Crippen LogP contribution in [0.3, 0.4) is 0 Å². The van der Waals surface area contributed by atoms with Crippen LogP contribution in [0.5, 0.6) is 0 Å². The van der Waals surface area contributed by atoms with Crippen molar-refractivity contribution in [2.45, 2.75) is 32.9 Å². The first-order chi connectivity index (χ1) is 15.4. The van der Waals surface area contributed by atoms with E-state index in [4.69, 9.17) is 10.5 Å². The molecule has 32 heavy (non-hydrogen) atoms. The number of amides is 2. The Morgan fingerprint density at radius 1 is 1.06 bits per heavy atom. The number of ketones is 1. The Bertz CT molecular complexity index is 1110. The van der Waals surface area contributed by atoms with E-state index in [-0.39, 0.29) is 12.1 Å². The Hall–Kier alpha value is -3.78. The quantitative estimate of drug-likeness (QED) is 0.474. The first kappa shape index (κ1) is 22.9. The number of aryl methyl sites for hydroxylation is 1. The van der Waals surface area contributed by atoms with E-state index in [9.17, 15) is 14.4 Å². The maximum absolute atomic E-state index is 13.1. The number of ether oxygens (including phenoxy) is 1. The highest BCUT2D eigenvalue weighted by Gasteiger charge is 2.27. The van der Waals surface area contributed by atoms with Gasteiger partial charge in [0.15, 0.2) is 0 Å². The molecule has 0 aliphatic rings. The third-order valence-electron chi connectivity index (χ3n) is 4.84. The molecular formula is C24H26N4O4. The number of benzene rings is 2. The molecule has 0 fully saturated rings. The number of primary amides is 1. The molecule has 8 heteroatoms. The summed E-state index contributed by atoms with van der Waals surface area (Å²) in [5.41, 5.74) is 8.50. The summed E-state index contributed by atoms with van der Waals surface area (Å²) in [4.78, 5) is 37.1. The minimum Gasteiger partial charge on any atom is -0.377 e. The number of carbonyl (C=O) groups excluding carboxylic acids is 3. The van der Waals surface area contributed by atoms with Gasteiger partial charge in [0.25, 0.3) is 11.8 Å². The molecule has 0 radical (unpaired) electrons. The zero-order chi connectivity index (χ0) is 23.1. The molecule has 0 aliphatic carbocycles. The number of Topliss-reactive ketones (excluding diaryl/α,β-unsaturated/α-hetero) is 1. The number of aromatic nitrogens is 2. The van der Waals surface area contributed by atoms with Crippen molar-refractivity contribution in [2.75, 3.05) is 6.61 Å². The zero-order valence-electron chi connectivity index (χ0n) is 18.1. The fourth-order valence-electron chi connectivity index (χ4n) is 3.32. The third-order valence-corrected chi connectivity index (χ3v) is 4.84. The second kappa shape index (κ2) is 10.5. The van der Waals surface area contributed by atoms with Crippen molar-refractivity contribution in [1.82, 2.24) is 15.1 Å². The van der Waals surface area contributed by atoms with Crippen LogP contribution in [-0.2, 0) is 27.4 Å². The van der Waals surface area contributed by atoms with Gasteiger partial charge in [-0.3, -0.25) is 14.4 Å². The molecule has 2 aromatic carbocycles. The number of nitrogens with one attached hydrogen (secondary N) is 1. The maximum Gasteiger partial charge on any atom is 0.287 e. The zero-order valence-corrected chi connectivity index (χ0v) is 18.1. The summed E-state index contributed by atoms with van der Waals surface area (Å²) < 4.78 is 6.97. The van der Waals surface area contributed by atoms with Gasteiger partial charge in [-0.2, -0.15) is 5.10 Å². The van der Waals surface area contributed by atoms with Gasteiger partial charge < -0.3 is 15.8 Å².